The molecule has 222 valence electrons. The van der Waals surface area contributed by atoms with Crippen molar-refractivity contribution in [2.75, 3.05) is 11.9 Å². The number of benzene rings is 2. The largest absolute Gasteiger partial charge is 0.490 e. The molecule has 0 saturated heterocycles. The Hall–Kier alpha value is -3.62. The molecule has 42 heavy (non-hydrogen) atoms. The number of halogens is 1. The van der Waals surface area contributed by atoms with Gasteiger partial charge >= 0.3 is 0 Å². The van der Waals surface area contributed by atoms with Crippen molar-refractivity contribution >= 4 is 34.1 Å². The molecule has 1 fully saturated rings. The number of hydrogen-bond acceptors (Lipinski definition) is 5. The second kappa shape index (κ2) is 13.6. The first kappa shape index (κ1) is 29.9. The maximum absolute atomic E-state index is 13.6. The number of fused-ring (bicyclic) bond motifs is 1. The van der Waals surface area contributed by atoms with Crippen LogP contribution in [0.3, 0.4) is 0 Å². The molecule has 1 aliphatic rings. The molecular formula is C33H39ClN4O4. The lowest BCUT2D eigenvalue weighted by Crippen LogP contribution is -2.23. The van der Waals surface area contributed by atoms with Crippen molar-refractivity contribution in [3.05, 3.63) is 88.0 Å². The molecule has 0 radical (unpaired) electrons. The van der Waals surface area contributed by atoms with E-state index in [1.807, 2.05) is 55.9 Å². The third kappa shape index (κ3) is 7.05. The van der Waals surface area contributed by atoms with E-state index in [-0.39, 0.29) is 17.8 Å². The Morgan fingerprint density at radius 2 is 1.90 bits per heavy atom. The Balaban J connectivity index is 1.31. The monoisotopic (exact) mass is 590 g/mol. The summed E-state index contributed by atoms with van der Waals surface area (Å²) in [5.41, 5.74) is 2.63. The minimum atomic E-state index is -0.436. The summed E-state index contributed by atoms with van der Waals surface area (Å²) >= 11 is 6.46. The van der Waals surface area contributed by atoms with Gasteiger partial charge in [-0.3, -0.25) is 14.3 Å². The van der Waals surface area contributed by atoms with Crippen LogP contribution in [0, 0.1) is 5.92 Å². The lowest BCUT2D eigenvalue weighted by molar-refractivity contribution is 0.0671. The lowest BCUT2D eigenvalue weighted by atomic mass is 9.86. The summed E-state index contributed by atoms with van der Waals surface area (Å²) in [6.07, 6.45) is 8.21. The number of carbonyl (C=O) groups excluding carboxylic acids is 1. The molecule has 1 atom stereocenters. The standard InChI is InChI=1S/C33H39ClN4O4/c1-4-28(34)26-14-15-35-33(40)31(26)36-32(39)27-16-24-18-38(37-29(24)17-30(27)42-21(2)3)25-12-10-23(11-13-25)20-41-19-22-8-6-5-7-9-22/h5-9,14-18,21,23,25,28H,4,10-13,19-20H2,1-3H3,(H,35,40)(H,36,39). The van der Waals surface area contributed by atoms with E-state index in [1.54, 1.807) is 12.1 Å². The maximum atomic E-state index is 13.6. The third-order valence-corrected chi connectivity index (χ3v) is 8.36. The molecule has 2 aromatic carbocycles. The fourth-order valence-electron chi connectivity index (χ4n) is 5.57. The maximum Gasteiger partial charge on any atom is 0.272 e. The number of pyridine rings is 1. The highest BCUT2D eigenvalue weighted by Gasteiger charge is 2.25. The Morgan fingerprint density at radius 1 is 1.14 bits per heavy atom. The van der Waals surface area contributed by atoms with Crippen molar-refractivity contribution in [3.8, 4) is 5.75 Å². The van der Waals surface area contributed by atoms with Gasteiger partial charge in [-0.1, -0.05) is 37.3 Å². The fraction of sp³-hybridized carbons (Fsp3) is 0.424. The van der Waals surface area contributed by atoms with Crippen molar-refractivity contribution in [2.24, 2.45) is 5.92 Å². The zero-order valence-electron chi connectivity index (χ0n) is 24.4. The first-order chi connectivity index (χ1) is 20.3. The molecule has 1 aliphatic carbocycles. The predicted molar refractivity (Wildman–Crippen MR) is 166 cm³/mol. The van der Waals surface area contributed by atoms with Crippen LogP contribution in [0.5, 0.6) is 5.75 Å². The molecule has 0 bridgehead atoms. The van der Waals surface area contributed by atoms with E-state index in [4.69, 9.17) is 26.2 Å². The minimum Gasteiger partial charge on any atom is -0.490 e. The highest BCUT2D eigenvalue weighted by Crippen LogP contribution is 2.35. The molecule has 2 N–H and O–H groups in total. The molecule has 2 aromatic heterocycles. The molecule has 1 saturated carbocycles. The molecule has 1 amide bonds. The Labute approximate surface area is 251 Å². The second-order valence-corrected chi connectivity index (χ2v) is 11.9. The molecule has 5 rings (SSSR count). The van der Waals surface area contributed by atoms with Crippen LogP contribution in [-0.2, 0) is 11.3 Å². The first-order valence-corrected chi connectivity index (χ1v) is 15.2. The van der Waals surface area contributed by atoms with Gasteiger partial charge in [0.2, 0.25) is 0 Å². The number of nitrogens with one attached hydrogen (secondary N) is 2. The SMILES string of the molecule is CCC(Cl)c1cc[nH]c(=O)c1NC(=O)c1cc2cn(C3CCC(COCc4ccccc4)CC3)nc2cc1OC(C)C. The summed E-state index contributed by atoms with van der Waals surface area (Å²) in [6, 6.07) is 15.9. The quantitative estimate of drug-likeness (QED) is 0.177. The van der Waals surface area contributed by atoms with Crippen molar-refractivity contribution in [3.63, 3.8) is 0 Å². The molecule has 4 aromatic rings. The summed E-state index contributed by atoms with van der Waals surface area (Å²) in [4.78, 5) is 28.8. The summed E-state index contributed by atoms with van der Waals surface area (Å²) in [5, 5.41) is 8.12. The van der Waals surface area contributed by atoms with Crippen molar-refractivity contribution in [2.45, 2.75) is 77.0 Å². The Bertz CT molecular complexity index is 1560. The summed E-state index contributed by atoms with van der Waals surface area (Å²) in [7, 11) is 0. The van der Waals surface area contributed by atoms with Gasteiger partial charge in [0.15, 0.2) is 0 Å². The van der Waals surface area contributed by atoms with Gasteiger partial charge in [-0.2, -0.15) is 5.10 Å². The normalized spacial score (nSPS) is 17.8. The first-order valence-electron chi connectivity index (χ1n) is 14.8. The number of H-pyrrole nitrogens is 1. The van der Waals surface area contributed by atoms with E-state index in [9.17, 15) is 9.59 Å². The number of aromatic nitrogens is 3. The Kier molecular flexibility index (Phi) is 9.65. The summed E-state index contributed by atoms with van der Waals surface area (Å²) in [5.74, 6) is 0.531. The van der Waals surface area contributed by atoms with Gasteiger partial charge in [0.25, 0.3) is 11.5 Å². The van der Waals surface area contributed by atoms with Crippen LogP contribution >= 0.6 is 11.6 Å². The topological polar surface area (TPSA) is 98.2 Å². The summed E-state index contributed by atoms with van der Waals surface area (Å²) in [6.45, 7) is 7.16. The van der Waals surface area contributed by atoms with Crippen LogP contribution in [0.2, 0.25) is 0 Å². The molecule has 0 aliphatic heterocycles. The van der Waals surface area contributed by atoms with Gasteiger partial charge in [-0.05, 0) is 69.6 Å². The molecule has 9 heteroatoms. The number of aromatic amines is 1. The predicted octanol–water partition coefficient (Wildman–Crippen LogP) is 7.40. The van der Waals surface area contributed by atoms with E-state index in [0.717, 1.165) is 43.2 Å². The van der Waals surface area contributed by atoms with Gasteiger partial charge in [-0.15, -0.1) is 11.6 Å². The number of carbonyl (C=O) groups is 1. The molecule has 2 heterocycles. The van der Waals surface area contributed by atoms with Gasteiger partial charge in [0.1, 0.15) is 11.4 Å². The number of hydrogen-bond donors (Lipinski definition) is 2. The van der Waals surface area contributed by atoms with Crippen LogP contribution in [0.1, 0.15) is 85.8 Å². The zero-order valence-corrected chi connectivity index (χ0v) is 25.2. The average molecular weight is 591 g/mol. The van der Waals surface area contributed by atoms with E-state index in [0.29, 0.717) is 35.8 Å². The van der Waals surface area contributed by atoms with Gasteiger partial charge in [-0.25, -0.2) is 0 Å². The highest BCUT2D eigenvalue weighted by molar-refractivity contribution is 6.21. The molecular weight excluding hydrogens is 552 g/mol. The molecule has 8 nitrogen and oxygen atoms in total. The van der Waals surface area contributed by atoms with E-state index < -0.39 is 16.8 Å². The number of nitrogens with zero attached hydrogens (tertiary/aromatic N) is 2. The average Bonchev–Trinajstić information content (AvgIpc) is 3.41. The summed E-state index contributed by atoms with van der Waals surface area (Å²) < 4.78 is 14.1. The zero-order chi connectivity index (χ0) is 29.6. The van der Waals surface area contributed by atoms with Crippen LogP contribution in [-0.4, -0.2) is 33.4 Å². The second-order valence-electron chi connectivity index (χ2n) is 11.3. The third-order valence-electron chi connectivity index (χ3n) is 7.81. The van der Waals surface area contributed by atoms with E-state index in [2.05, 4.69) is 22.4 Å². The number of amides is 1. The van der Waals surface area contributed by atoms with Crippen molar-refractivity contribution < 1.29 is 14.3 Å². The number of rotatable bonds is 11. The molecule has 1 unspecified atom stereocenters. The van der Waals surface area contributed by atoms with Crippen molar-refractivity contribution in [1.82, 2.24) is 14.8 Å². The fourth-order valence-corrected chi connectivity index (χ4v) is 5.75. The van der Waals surface area contributed by atoms with Crippen LogP contribution in [0.25, 0.3) is 10.9 Å². The number of anilines is 1. The van der Waals surface area contributed by atoms with E-state index >= 15 is 0 Å². The lowest BCUT2D eigenvalue weighted by Gasteiger charge is -2.28. The van der Waals surface area contributed by atoms with Gasteiger partial charge in [0.05, 0.1) is 35.2 Å². The number of alkyl halides is 1. The minimum absolute atomic E-state index is 0.153. The van der Waals surface area contributed by atoms with E-state index in [1.165, 1.54) is 11.8 Å². The molecule has 0 spiro atoms. The van der Waals surface area contributed by atoms with Gasteiger partial charge < -0.3 is 19.8 Å². The van der Waals surface area contributed by atoms with Crippen LogP contribution in [0.4, 0.5) is 5.69 Å². The smallest absolute Gasteiger partial charge is 0.272 e. The number of ether oxygens (including phenoxy) is 2. The Morgan fingerprint density at radius 3 is 2.62 bits per heavy atom. The highest BCUT2D eigenvalue weighted by atomic mass is 35.5. The van der Waals surface area contributed by atoms with Gasteiger partial charge in [0, 0.05) is 36.0 Å². The van der Waals surface area contributed by atoms with Crippen molar-refractivity contribution in [1.29, 1.82) is 0 Å². The van der Waals surface area contributed by atoms with Crippen LogP contribution in [0.15, 0.2) is 65.7 Å². The van der Waals surface area contributed by atoms with Crippen LogP contribution < -0.4 is 15.6 Å².